The van der Waals surface area contributed by atoms with Crippen LogP contribution in [0.15, 0.2) is 59.7 Å². The van der Waals surface area contributed by atoms with Gasteiger partial charge in [-0.2, -0.15) is 9.55 Å². The summed E-state index contributed by atoms with van der Waals surface area (Å²) in [5.41, 5.74) is 1.21. The highest BCUT2D eigenvalue weighted by molar-refractivity contribution is 6.08. The average Bonchev–Trinajstić information content (AvgIpc) is 2.80. The molecule has 0 aliphatic carbocycles. The van der Waals surface area contributed by atoms with Crippen molar-refractivity contribution in [2.24, 2.45) is 5.92 Å². The molecule has 4 rings (SSSR count). The van der Waals surface area contributed by atoms with Crippen LogP contribution in [0.4, 0.5) is 17.5 Å². The second-order valence-electron chi connectivity index (χ2n) is 8.86. The average molecular weight is 462 g/mol. The highest BCUT2D eigenvalue weighted by atomic mass is 16.2. The molecule has 0 fully saturated rings. The molecular formula is C25H29N6O3+. The quantitative estimate of drug-likeness (QED) is 0.506. The van der Waals surface area contributed by atoms with Gasteiger partial charge in [-0.25, -0.2) is 0 Å². The van der Waals surface area contributed by atoms with Crippen LogP contribution >= 0.6 is 0 Å². The minimum absolute atomic E-state index is 0.0458. The van der Waals surface area contributed by atoms with Crippen LogP contribution in [0.2, 0.25) is 0 Å². The summed E-state index contributed by atoms with van der Waals surface area (Å²) in [4.78, 5) is 47.3. The van der Waals surface area contributed by atoms with Crippen molar-refractivity contribution in [2.75, 3.05) is 15.5 Å². The molecule has 0 radical (unpaired) electrons. The fraction of sp³-hybridized carbons (Fsp3) is 0.320. The second-order valence-corrected chi connectivity index (χ2v) is 8.86. The van der Waals surface area contributed by atoms with Crippen LogP contribution in [0.25, 0.3) is 0 Å². The van der Waals surface area contributed by atoms with E-state index in [1.165, 1.54) is 4.90 Å². The van der Waals surface area contributed by atoms with Crippen LogP contribution in [0, 0.1) is 5.92 Å². The number of fused-ring (bicyclic) bond motifs is 1. The first kappa shape index (κ1) is 23.2. The zero-order valence-electron chi connectivity index (χ0n) is 19.7. The molecule has 3 aromatic rings. The maximum atomic E-state index is 13.7. The Labute approximate surface area is 197 Å². The smallest absolute Gasteiger partial charge is 0.278 e. The molecule has 176 valence electrons. The molecule has 2 atom stereocenters. The Morgan fingerprint density at radius 3 is 2.59 bits per heavy atom. The topological polar surface area (TPSA) is 111 Å². The lowest BCUT2D eigenvalue weighted by molar-refractivity contribution is -0.688. The minimum Gasteiger partial charge on any atom is -0.364 e. The zero-order valence-corrected chi connectivity index (χ0v) is 19.7. The number of carbonyl (C=O) groups excluding carboxylic acids is 2. The first-order valence-corrected chi connectivity index (χ1v) is 11.3. The minimum atomic E-state index is -0.503. The molecule has 0 bridgehead atoms. The van der Waals surface area contributed by atoms with Crippen molar-refractivity contribution in [1.29, 1.82) is 0 Å². The summed E-state index contributed by atoms with van der Waals surface area (Å²) in [6.07, 6.45) is 3.69. The molecule has 1 aliphatic rings. The molecule has 9 heteroatoms. The summed E-state index contributed by atoms with van der Waals surface area (Å²) in [6, 6.07) is 13.1. The van der Waals surface area contributed by atoms with Crippen LogP contribution in [-0.2, 0) is 11.3 Å². The van der Waals surface area contributed by atoms with Gasteiger partial charge in [0.05, 0.1) is 6.04 Å². The van der Waals surface area contributed by atoms with E-state index in [9.17, 15) is 14.4 Å². The van der Waals surface area contributed by atoms with E-state index in [2.05, 4.69) is 20.6 Å². The van der Waals surface area contributed by atoms with Gasteiger partial charge in [-0.15, -0.1) is 0 Å². The number of H-pyrrole nitrogens is 1. The Balaban J connectivity index is 1.68. The molecule has 1 aliphatic heterocycles. The van der Waals surface area contributed by atoms with Gasteiger partial charge < -0.3 is 5.32 Å². The van der Waals surface area contributed by atoms with E-state index < -0.39 is 5.56 Å². The molecule has 0 saturated carbocycles. The Bertz CT molecular complexity index is 1270. The summed E-state index contributed by atoms with van der Waals surface area (Å²) in [7, 11) is 0. The van der Waals surface area contributed by atoms with Crippen molar-refractivity contribution in [3.63, 3.8) is 0 Å². The molecule has 0 unspecified atom stereocenters. The maximum absolute atomic E-state index is 13.7. The second kappa shape index (κ2) is 9.46. The number of nitrogens with one attached hydrogen (secondary N) is 3. The Morgan fingerprint density at radius 2 is 1.88 bits per heavy atom. The van der Waals surface area contributed by atoms with E-state index in [1.54, 1.807) is 26.1 Å². The lowest BCUT2D eigenvalue weighted by Crippen LogP contribution is -2.53. The lowest BCUT2D eigenvalue weighted by Gasteiger charge is -2.38. The summed E-state index contributed by atoms with van der Waals surface area (Å²) >= 11 is 0. The molecule has 0 saturated heterocycles. The van der Waals surface area contributed by atoms with E-state index in [0.29, 0.717) is 12.1 Å². The van der Waals surface area contributed by atoms with E-state index in [-0.39, 0.29) is 47.3 Å². The number of pyridine rings is 1. The third-order valence-corrected chi connectivity index (χ3v) is 5.93. The summed E-state index contributed by atoms with van der Waals surface area (Å²) in [5, 5.41) is 5.80. The highest BCUT2D eigenvalue weighted by Crippen LogP contribution is 2.31. The summed E-state index contributed by atoms with van der Waals surface area (Å²) in [5.74, 6) is -0.525. The maximum Gasteiger partial charge on any atom is 0.278 e. The number of rotatable bonds is 5. The molecule has 2 aromatic heterocycles. The number of nitrogens with zero attached hydrogens (tertiary/aromatic N) is 3. The summed E-state index contributed by atoms with van der Waals surface area (Å²) < 4.78 is 1.94. The molecule has 3 heterocycles. The third kappa shape index (κ3) is 4.68. The van der Waals surface area contributed by atoms with E-state index >= 15 is 0 Å². The number of hydrogen-bond acceptors (Lipinski definition) is 5. The predicted octanol–water partition coefficient (Wildman–Crippen LogP) is 2.55. The largest absolute Gasteiger partial charge is 0.364 e. The first-order chi connectivity index (χ1) is 16.2. The van der Waals surface area contributed by atoms with E-state index in [4.69, 9.17) is 0 Å². The third-order valence-electron chi connectivity index (χ3n) is 5.93. The highest BCUT2D eigenvalue weighted by Gasteiger charge is 2.37. The van der Waals surface area contributed by atoms with Gasteiger partial charge in [0.2, 0.25) is 11.9 Å². The number of carbonyl (C=O) groups is 2. The number of aromatic nitrogens is 3. The standard InChI is InChI=1S/C25H28N6O3/c1-15(2)22(32)28-25-27-21-20(23(33)29-25)31(17(4)16(3)26-21)24(34)19-11-8-12-30(14-19)13-18-9-6-5-7-10-18/h5-12,14-17H,13H2,1-4H3,(H2-,26,27,28,29,32,33)/p+1/t16-,17-/m1/s1. The van der Waals surface area contributed by atoms with Gasteiger partial charge >= 0.3 is 0 Å². The van der Waals surface area contributed by atoms with Crippen LogP contribution in [0.1, 0.15) is 43.6 Å². The van der Waals surface area contributed by atoms with Crippen LogP contribution in [0.5, 0.6) is 0 Å². The molecule has 3 N–H and O–H groups in total. The van der Waals surface area contributed by atoms with Crippen molar-refractivity contribution in [3.8, 4) is 0 Å². The number of benzene rings is 1. The SMILES string of the molecule is CC(C)C(=O)Nc1nc2c(c(=O)[nH]1)N(C(=O)c1ccc[n+](Cc3ccccc3)c1)[C@H](C)[C@@H](C)N2. The van der Waals surface area contributed by atoms with Crippen LogP contribution in [0.3, 0.4) is 0 Å². The molecule has 34 heavy (non-hydrogen) atoms. The fourth-order valence-corrected chi connectivity index (χ4v) is 3.84. The van der Waals surface area contributed by atoms with Gasteiger partial charge in [0.15, 0.2) is 30.4 Å². The van der Waals surface area contributed by atoms with Crippen molar-refractivity contribution < 1.29 is 14.2 Å². The number of amides is 2. The Morgan fingerprint density at radius 1 is 1.15 bits per heavy atom. The van der Waals surface area contributed by atoms with Crippen molar-refractivity contribution in [2.45, 2.75) is 46.3 Å². The van der Waals surface area contributed by atoms with Crippen molar-refractivity contribution >= 4 is 29.3 Å². The number of hydrogen-bond donors (Lipinski definition) is 3. The monoisotopic (exact) mass is 461 g/mol. The number of anilines is 3. The predicted molar refractivity (Wildman–Crippen MR) is 130 cm³/mol. The molecular weight excluding hydrogens is 432 g/mol. The first-order valence-electron chi connectivity index (χ1n) is 11.3. The van der Waals surface area contributed by atoms with E-state index in [0.717, 1.165) is 5.56 Å². The fourth-order valence-electron chi connectivity index (χ4n) is 3.84. The molecule has 0 spiro atoms. The molecule has 9 nitrogen and oxygen atoms in total. The van der Waals surface area contributed by atoms with Gasteiger partial charge in [0.1, 0.15) is 5.56 Å². The van der Waals surface area contributed by atoms with E-state index in [1.807, 2.05) is 61.0 Å². The summed E-state index contributed by atoms with van der Waals surface area (Å²) in [6.45, 7) is 7.92. The normalized spacial score (nSPS) is 17.1. The lowest BCUT2D eigenvalue weighted by atomic mass is 10.0. The van der Waals surface area contributed by atoms with Gasteiger partial charge in [-0.3, -0.25) is 29.6 Å². The van der Waals surface area contributed by atoms with Crippen LogP contribution in [-0.4, -0.2) is 33.9 Å². The Kier molecular flexibility index (Phi) is 6.45. The zero-order chi connectivity index (χ0) is 24.4. The number of aromatic amines is 1. The van der Waals surface area contributed by atoms with Crippen molar-refractivity contribution in [1.82, 2.24) is 9.97 Å². The van der Waals surface area contributed by atoms with Gasteiger partial charge in [-0.05, 0) is 19.9 Å². The van der Waals surface area contributed by atoms with Gasteiger partial charge in [0.25, 0.3) is 11.5 Å². The molecule has 1 aromatic carbocycles. The van der Waals surface area contributed by atoms with Gasteiger partial charge in [-0.1, -0.05) is 44.2 Å². The van der Waals surface area contributed by atoms with Gasteiger partial charge in [0, 0.05) is 23.6 Å². The van der Waals surface area contributed by atoms with Crippen LogP contribution < -0.4 is 25.7 Å². The molecule has 2 amide bonds. The van der Waals surface area contributed by atoms with Crippen molar-refractivity contribution in [3.05, 3.63) is 76.3 Å². The Hall–Kier alpha value is -4.01.